The molecule has 2 amide bonds. The fourth-order valence-corrected chi connectivity index (χ4v) is 2.26. The third-order valence-electron chi connectivity index (χ3n) is 2.21. The van der Waals surface area contributed by atoms with E-state index in [0.29, 0.717) is 11.8 Å². The zero-order valence-electron chi connectivity index (χ0n) is 11.1. The van der Waals surface area contributed by atoms with Crippen molar-refractivity contribution in [2.45, 2.75) is 27.7 Å². The van der Waals surface area contributed by atoms with Gasteiger partial charge in [0.1, 0.15) is 0 Å². The van der Waals surface area contributed by atoms with Crippen molar-refractivity contribution in [2.75, 3.05) is 18.4 Å². The van der Waals surface area contributed by atoms with Gasteiger partial charge >= 0.3 is 6.03 Å². The highest BCUT2D eigenvalue weighted by Crippen LogP contribution is 2.16. The molecule has 96 valence electrons. The van der Waals surface area contributed by atoms with Gasteiger partial charge in [0.2, 0.25) is 0 Å². The Balaban J connectivity index is 2.58. The van der Waals surface area contributed by atoms with Gasteiger partial charge in [-0.05, 0) is 29.3 Å². The lowest BCUT2D eigenvalue weighted by Crippen LogP contribution is -2.39. The fraction of sp³-hybridized carbons (Fsp3) is 0.615. The number of hydrogen-bond donors (Lipinski definition) is 1. The molecule has 0 saturated heterocycles. The number of nitrogens with zero attached hydrogens (tertiary/aromatic N) is 1. The van der Waals surface area contributed by atoms with Crippen molar-refractivity contribution >= 4 is 22.4 Å². The molecule has 1 heterocycles. The van der Waals surface area contributed by atoms with Gasteiger partial charge in [-0.1, -0.05) is 27.7 Å². The van der Waals surface area contributed by atoms with Crippen LogP contribution in [-0.2, 0) is 0 Å². The van der Waals surface area contributed by atoms with E-state index in [-0.39, 0.29) is 6.03 Å². The number of carbonyl (C=O) groups is 1. The molecule has 0 bridgehead atoms. The second-order valence-corrected chi connectivity index (χ2v) is 6.05. The van der Waals surface area contributed by atoms with Crippen LogP contribution in [0.5, 0.6) is 0 Å². The van der Waals surface area contributed by atoms with Gasteiger partial charge in [0.05, 0.1) is 5.00 Å². The first-order valence-electron chi connectivity index (χ1n) is 6.08. The average molecular weight is 254 g/mol. The van der Waals surface area contributed by atoms with Crippen LogP contribution in [0, 0.1) is 11.8 Å². The van der Waals surface area contributed by atoms with E-state index in [1.54, 1.807) is 11.3 Å². The quantitative estimate of drug-likeness (QED) is 0.849. The van der Waals surface area contributed by atoms with Crippen molar-refractivity contribution in [2.24, 2.45) is 11.8 Å². The van der Waals surface area contributed by atoms with Gasteiger partial charge in [-0.3, -0.25) is 5.32 Å². The summed E-state index contributed by atoms with van der Waals surface area (Å²) in [5, 5.41) is 5.81. The first kappa shape index (κ1) is 14.0. The molecule has 0 aromatic carbocycles. The van der Waals surface area contributed by atoms with Gasteiger partial charge in [0.15, 0.2) is 0 Å². The molecule has 3 nitrogen and oxygen atoms in total. The molecular weight excluding hydrogens is 232 g/mol. The smallest absolute Gasteiger partial charge is 0.322 e. The SMILES string of the molecule is CC(C)CN(CC(C)C)C(=O)Nc1cccs1. The van der Waals surface area contributed by atoms with E-state index in [9.17, 15) is 4.79 Å². The van der Waals surface area contributed by atoms with Gasteiger partial charge in [-0.2, -0.15) is 0 Å². The van der Waals surface area contributed by atoms with Gasteiger partial charge in [0, 0.05) is 13.1 Å². The topological polar surface area (TPSA) is 32.3 Å². The van der Waals surface area contributed by atoms with Crippen molar-refractivity contribution in [3.63, 3.8) is 0 Å². The Kier molecular flexibility index (Phi) is 5.48. The summed E-state index contributed by atoms with van der Waals surface area (Å²) in [7, 11) is 0. The van der Waals surface area contributed by atoms with Crippen LogP contribution in [0.1, 0.15) is 27.7 Å². The predicted octanol–water partition coefficient (Wildman–Crippen LogP) is 3.89. The lowest BCUT2D eigenvalue weighted by Gasteiger charge is -2.26. The third kappa shape index (κ3) is 5.22. The Morgan fingerprint density at radius 2 is 1.88 bits per heavy atom. The molecule has 0 saturated carbocycles. The van der Waals surface area contributed by atoms with Gasteiger partial charge in [-0.25, -0.2) is 4.79 Å². The zero-order valence-corrected chi connectivity index (χ0v) is 11.9. The number of anilines is 1. The summed E-state index contributed by atoms with van der Waals surface area (Å²) < 4.78 is 0. The van der Waals surface area contributed by atoms with Crippen LogP contribution < -0.4 is 5.32 Å². The van der Waals surface area contributed by atoms with Crippen LogP contribution in [-0.4, -0.2) is 24.0 Å². The van der Waals surface area contributed by atoms with Crippen LogP contribution in [0.25, 0.3) is 0 Å². The van der Waals surface area contributed by atoms with Crippen molar-refractivity contribution in [3.8, 4) is 0 Å². The second kappa shape index (κ2) is 6.64. The van der Waals surface area contributed by atoms with Crippen molar-refractivity contribution in [1.82, 2.24) is 4.90 Å². The van der Waals surface area contributed by atoms with Crippen molar-refractivity contribution in [1.29, 1.82) is 0 Å². The maximum atomic E-state index is 12.1. The van der Waals surface area contributed by atoms with Gasteiger partial charge < -0.3 is 4.90 Å². The van der Waals surface area contributed by atoms with Crippen LogP contribution in [0.4, 0.5) is 9.80 Å². The second-order valence-electron chi connectivity index (χ2n) is 5.10. The molecule has 17 heavy (non-hydrogen) atoms. The van der Waals surface area contributed by atoms with E-state index in [1.807, 2.05) is 22.4 Å². The number of nitrogens with one attached hydrogen (secondary N) is 1. The first-order valence-corrected chi connectivity index (χ1v) is 6.96. The minimum absolute atomic E-state index is 0.00912. The number of rotatable bonds is 5. The van der Waals surface area contributed by atoms with Crippen molar-refractivity contribution in [3.05, 3.63) is 17.5 Å². The normalized spacial score (nSPS) is 10.9. The highest BCUT2D eigenvalue weighted by atomic mass is 32.1. The minimum atomic E-state index is 0.00912. The standard InChI is InChI=1S/C13H22N2OS/c1-10(2)8-15(9-11(3)4)13(16)14-12-6-5-7-17-12/h5-7,10-11H,8-9H2,1-4H3,(H,14,16). The van der Waals surface area contributed by atoms with E-state index >= 15 is 0 Å². The predicted molar refractivity (Wildman–Crippen MR) is 74.6 cm³/mol. The van der Waals surface area contributed by atoms with Crippen LogP contribution in [0.15, 0.2) is 17.5 Å². The molecule has 0 unspecified atom stereocenters. The lowest BCUT2D eigenvalue weighted by atomic mass is 10.1. The molecule has 0 spiro atoms. The van der Waals surface area contributed by atoms with Crippen LogP contribution >= 0.6 is 11.3 Å². The van der Waals surface area contributed by atoms with E-state index in [1.165, 1.54) is 0 Å². The van der Waals surface area contributed by atoms with Crippen LogP contribution in [0.2, 0.25) is 0 Å². The summed E-state index contributed by atoms with van der Waals surface area (Å²) in [5.74, 6) is 0.977. The summed E-state index contributed by atoms with van der Waals surface area (Å²) in [6.07, 6.45) is 0. The van der Waals surface area contributed by atoms with E-state index < -0.39 is 0 Å². The molecule has 0 fully saturated rings. The molecule has 0 atom stereocenters. The molecule has 1 rings (SSSR count). The Bertz CT molecular complexity index is 323. The Morgan fingerprint density at radius 1 is 1.29 bits per heavy atom. The molecule has 0 aliphatic heterocycles. The highest BCUT2D eigenvalue weighted by Gasteiger charge is 2.16. The molecule has 4 heteroatoms. The highest BCUT2D eigenvalue weighted by molar-refractivity contribution is 7.14. The molecule has 0 aliphatic carbocycles. The minimum Gasteiger partial charge on any atom is -0.324 e. The number of amides is 2. The summed E-state index contributed by atoms with van der Waals surface area (Å²) in [6.45, 7) is 10.1. The number of urea groups is 1. The number of thiophene rings is 1. The lowest BCUT2D eigenvalue weighted by molar-refractivity contribution is 0.197. The molecule has 0 aliphatic rings. The molecule has 0 radical (unpaired) electrons. The number of hydrogen-bond acceptors (Lipinski definition) is 2. The third-order valence-corrected chi connectivity index (χ3v) is 2.99. The summed E-state index contributed by atoms with van der Waals surface area (Å²) >= 11 is 1.55. The molecule has 1 aromatic rings. The van der Waals surface area contributed by atoms with Crippen molar-refractivity contribution < 1.29 is 4.79 Å². The Morgan fingerprint density at radius 3 is 2.29 bits per heavy atom. The summed E-state index contributed by atoms with van der Waals surface area (Å²) in [5.41, 5.74) is 0. The number of carbonyl (C=O) groups excluding carboxylic acids is 1. The zero-order chi connectivity index (χ0) is 12.8. The molecule has 1 N–H and O–H groups in total. The van der Waals surface area contributed by atoms with Crippen LogP contribution in [0.3, 0.4) is 0 Å². The van der Waals surface area contributed by atoms with Gasteiger partial charge in [-0.15, -0.1) is 11.3 Å². The first-order chi connectivity index (χ1) is 7.99. The molecule has 1 aromatic heterocycles. The van der Waals surface area contributed by atoms with E-state index in [2.05, 4.69) is 33.0 Å². The van der Waals surface area contributed by atoms with E-state index in [4.69, 9.17) is 0 Å². The molecular formula is C13H22N2OS. The fourth-order valence-electron chi connectivity index (χ4n) is 1.66. The largest absolute Gasteiger partial charge is 0.324 e. The van der Waals surface area contributed by atoms with Gasteiger partial charge in [0.25, 0.3) is 0 Å². The summed E-state index contributed by atoms with van der Waals surface area (Å²) in [6, 6.07) is 3.87. The maximum Gasteiger partial charge on any atom is 0.322 e. The Hall–Kier alpha value is -1.03. The summed E-state index contributed by atoms with van der Waals surface area (Å²) in [4.78, 5) is 14.0. The monoisotopic (exact) mass is 254 g/mol. The van der Waals surface area contributed by atoms with E-state index in [0.717, 1.165) is 18.1 Å². The Labute approximate surface area is 108 Å². The average Bonchev–Trinajstić information content (AvgIpc) is 2.67. The maximum absolute atomic E-state index is 12.1.